The molecule has 0 aliphatic carbocycles. The van der Waals surface area contributed by atoms with Crippen molar-refractivity contribution in [1.29, 1.82) is 0 Å². The van der Waals surface area contributed by atoms with Crippen molar-refractivity contribution in [2.24, 2.45) is 0 Å². The predicted molar refractivity (Wildman–Crippen MR) is 130 cm³/mol. The number of hydrogen-bond donors (Lipinski definition) is 2. The maximum absolute atomic E-state index is 14.3. The number of carboxylic acids is 1. The second-order valence-corrected chi connectivity index (χ2v) is 8.33. The number of aliphatic carboxylic acids is 1. The highest BCUT2D eigenvalue weighted by Crippen LogP contribution is 2.33. The van der Waals surface area contributed by atoms with Crippen molar-refractivity contribution >= 4 is 34.5 Å². The molecule has 0 unspecified atom stereocenters. The Balaban J connectivity index is 1.68. The normalized spacial score (nSPS) is 10.9. The van der Waals surface area contributed by atoms with Crippen molar-refractivity contribution in [3.05, 3.63) is 82.9 Å². The van der Waals surface area contributed by atoms with Crippen molar-refractivity contribution in [1.82, 2.24) is 25.0 Å². The standard InChI is InChI=1S/C25H23ClFN5O3/c1-2-31(25(35)29-13-16-7-9-28-10-8-16)14-17-11-19(27)4-5-20(17)24-21-12-18(26)3-6-22(21)32(30-24)15-23(33)34/h3-12H,2,13-15H2,1H3,(H,29,35)(H,33,34). The minimum Gasteiger partial charge on any atom is -0.480 e. The van der Waals surface area contributed by atoms with Crippen LogP contribution in [0.15, 0.2) is 60.9 Å². The lowest BCUT2D eigenvalue weighted by Gasteiger charge is -2.23. The average Bonchev–Trinajstić information content (AvgIpc) is 3.18. The number of benzene rings is 2. The number of carbonyl (C=O) groups is 2. The van der Waals surface area contributed by atoms with E-state index in [1.54, 1.807) is 41.6 Å². The summed E-state index contributed by atoms with van der Waals surface area (Å²) in [4.78, 5) is 29.8. The molecular formula is C25H23ClFN5O3. The molecule has 0 aliphatic heterocycles. The third-order valence-electron chi connectivity index (χ3n) is 5.54. The van der Waals surface area contributed by atoms with Gasteiger partial charge in [0, 0.05) is 48.0 Å². The molecule has 0 saturated carbocycles. The van der Waals surface area contributed by atoms with Crippen LogP contribution in [-0.4, -0.2) is 43.3 Å². The molecule has 10 heteroatoms. The van der Waals surface area contributed by atoms with Gasteiger partial charge in [-0.1, -0.05) is 11.6 Å². The molecule has 0 aliphatic rings. The lowest BCUT2D eigenvalue weighted by atomic mass is 10.0. The van der Waals surface area contributed by atoms with E-state index in [9.17, 15) is 19.1 Å². The van der Waals surface area contributed by atoms with Gasteiger partial charge in [-0.25, -0.2) is 9.18 Å². The smallest absolute Gasteiger partial charge is 0.325 e. The first kappa shape index (κ1) is 24.2. The predicted octanol–water partition coefficient (Wildman–Crippen LogP) is 4.71. The SMILES string of the molecule is CCN(Cc1cc(F)ccc1-c1nn(CC(=O)O)c2ccc(Cl)cc12)C(=O)NCc1ccncc1. The first-order valence-corrected chi connectivity index (χ1v) is 11.3. The molecule has 4 aromatic rings. The zero-order valence-electron chi connectivity index (χ0n) is 18.9. The van der Waals surface area contributed by atoms with E-state index in [1.807, 2.05) is 19.1 Å². The fourth-order valence-electron chi connectivity index (χ4n) is 3.85. The van der Waals surface area contributed by atoms with Crippen LogP contribution in [0.2, 0.25) is 5.02 Å². The van der Waals surface area contributed by atoms with Crippen molar-refractivity contribution in [2.75, 3.05) is 6.54 Å². The quantitative estimate of drug-likeness (QED) is 0.369. The van der Waals surface area contributed by atoms with Crippen LogP contribution in [0.1, 0.15) is 18.1 Å². The molecule has 0 fully saturated rings. The molecule has 2 amide bonds. The number of carboxylic acid groups (broad SMARTS) is 1. The maximum Gasteiger partial charge on any atom is 0.325 e. The van der Waals surface area contributed by atoms with E-state index in [-0.39, 0.29) is 19.1 Å². The highest BCUT2D eigenvalue weighted by Gasteiger charge is 2.20. The molecule has 0 saturated heterocycles. The summed E-state index contributed by atoms with van der Waals surface area (Å²) in [5.41, 5.74) is 3.08. The van der Waals surface area contributed by atoms with Gasteiger partial charge in [0.2, 0.25) is 0 Å². The van der Waals surface area contributed by atoms with Crippen molar-refractivity contribution in [2.45, 2.75) is 26.6 Å². The van der Waals surface area contributed by atoms with Crippen LogP contribution in [0.4, 0.5) is 9.18 Å². The Kier molecular flexibility index (Phi) is 7.26. The molecule has 0 atom stereocenters. The lowest BCUT2D eigenvalue weighted by Crippen LogP contribution is -2.39. The zero-order chi connectivity index (χ0) is 24.9. The van der Waals surface area contributed by atoms with Crippen molar-refractivity contribution in [3.8, 4) is 11.3 Å². The van der Waals surface area contributed by atoms with Crippen LogP contribution < -0.4 is 5.32 Å². The number of fused-ring (bicyclic) bond motifs is 1. The fourth-order valence-corrected chi connectivity index (χ4v) is 4.02. The van der Waals surface area contributed by atoms with E-state index >= 15 is 0 Å². The van der Waals surface area contributed by atoms with Gasteiger partial charge in [-0.05, 0) is 66.6 Å². The van der Waals surface area contributed by atoms with E-state index in [0.717, 1.165) is 5.56 Å². The van der Waals surface area contributed by atoms with Gasteiger partial charge in [0.1, 0.15) is 18.1 Å². The van der Waals surface area contributed by atoms with Gasteiger partial charge in [-0.2, -0.15) is 5.10 Å². The Morgan fingerprint density at radius 1 is 1.14 bits per heavy atom. The number of urea groups is 1. The lowest BCUT2D eigenvalue weighted by molar-refractivity contribution is -0.137. The van der Waals surface area contributed by atoms with Gasteiger partial charge < -0.3 is 15.3 Å². The van der Waals surface area contributed by atoms with Crippen LogP contribution in [0.3, 0.4) is 0 Å². The molecule has 35 heavy (non-hydrogen) atoms. The molecule has 2 N–H and O–H groups in total. The Morgan fingerprint density at radius 3 is 2.63 bits per heavy atom. The third-order valence-corrected chi connectivity index (χ3v) is 5.78. The second-order valence-electron chi connectivity index (χ2n) is 7.89. The fraction of sp³-hybridized carbons (Fsp3) is 0.200. The number of halogens is 2. The number of rotatable bonds is 8. The van der Waals surface area contributed by atoms with E-state index in [1.165, 1.54) is 16.8 Å². The topological polar surface area (TPSA) is 100 Å². The van der Waals surface area contributed by atoms with Gasteiger partial charge in [-0.3, -0.25) is 14.5 Å². The molecule has 180 valence electrons. The molecular weight excluding hydrogens is 473 g/mol. The van der Waals surface area contributed by atoms with Gasteiger partial charge in [0.05, 0.1) is 5.52 Å². The Morgan fingerprint density at radius 2 is 1.91 bits per heavy atom. The zero-order valence-corrected chi connectivity index (χ0v) is 19.7. The summed E-state index contributed by atoms with van der Waals surface area (Å²) in [5.74, 6) is -1.50. The van der Waals surface area contributed by atoms with Crippen molar-refractivity contribution < 1.29 is 19.1 Å². The van der Waals surface area contributed by atoms with Gasteiger partial charge in [-0.15, -0.1) is 0 Å². The summed E-state index contributed by atoms with van der Waals surface area (Å²) in [6, 6.07) is 12.6. The number of nitrogens with one attached hydrogen (secondary N) is 1. The molecule has 8 nitrogen and oxygen atoms in total. The number of nitrogens with zero attached hydrogens (tertiary/aromatic N) is 4. The summed E-state index contributed by atoms with van der Waals surface area (Å²) in [6.45, 7) is 2.34. The monoisotopic (exact) mass is 495 g/mol. The summed E-state index contributed by atoms with van der Waals surface area (Å²) in [6.07, 6.45) is 3.30. The molecule has 2 heterocycles. The van der Waals surface area contributed by atoms with E-state index in [2.05, 4.69) is 15.4 Å². The van der Waals surface area contributed by atoms with Crippen LogP contribution in [-0.2, 0) is 24.4 Å². The largest absolute Gasteiger partial charge is 0.480 e. The Labute approximate surface area is 206 Å². The summed E-state index contributed by atoms with van der Waals surface area (Å²) < 4.78 is 15.7. The molecule has 2 aromatic heterocycles. The highest BCUT2D eigenvalue weighted by molar-refractivity contribution is 6.31. The summed E-state index contributed by atoms with van der Waals surface area (Å²) in [7, 11) is 0. The van der Waals surface area contributed by atoms with E-state index in [0.29, 0.717) is 45.8 Å². The van der Waals surface area contributed by atoms with Gasteiger partial charge in [0.15, 0.2) is 0 Å². The summed E-state index contributed by atoms with van der Waals surface area (Å²) in [5, 5.41) is 17.8. The van der Waals surface area contributed by atoms with Crippen LogP contribution >= 0.6 is 11.6 Å². The second kappa shape index (κ2) is 10.5. The number of hydrogen-bond acceptors (Lipinski definition) is 4. The molecule has 0 spiro atoms. The number of amides is 2. The first-order valence-electron chi connectivity index (χ1n) is 10.9. The number of pyridine rings is 1. The first-order chi connectivity index (χ1) is 16.9. The molecule has 4 rings (SSSR count). The van der Waals surface area contributed by atoms with E-state index in [4.69, 9.17) is 11.6 Å². The van der Waals surface area contributed by atoms with Crippen LogP contribution in [0.25, 0.3) is 22.2 Å². The van der Waals surface area contributed by atoms with Crippen LogP contribution in [0.5, 0.6) is 0 Å². The third kappa shape index (κ3) is 5.58. The number of aromatic nitrogens is 3. The minimum atomic E-state index is -1.04. The van der Waals surface area contributed by atoms with Crippen LogP contribution in [0, 0.1) is 5.82 Å². The molecule has 0 bridgehead atoms. The number of carbonyl (C=O) groups excluding carboxylic acids is 1. The Hall–Kier alpha value is -3.98. The minimum absolute atomic E-state index is 0.125. The Bertz CT molecular complexity index is 1380. The van der Waals surface area contributed by atoms with Gasteiger partial charge >= 0.3 is 12.0 Å². The van der Waals surface area contributed by atoms with Crippen molar-refractivity contribution in [3.63, 3.8) is 0 Å². The molecule has 0 radical (unpaired) electrons. The van der Waals surface area contributed by atoms with E-state index < -0.39 is 11.8 Å². The summed E-state index contributed by atoms with van der Waals surface area (Å²) >= 11 is 6.21. The van der Waals surface area contributed by atoms with Gasteiger partial charge in [0.25, 0.3) is 0 Å². The highest BCUT2D eigenvalue weighted by atomic mass is 35.5. The maximum atomic E-state index is 14.3. The average molecular weight is 496 g/mol. The molecule has 2 aromatic carbocycles.